The van der Waals surface area contributed by atoms with Crippen molar-refractivity contribution in [3.63, 3.8) is 0 Å². The molecule has 1 aromatic heterocycles. The van der Waals surface area contributed by atoms with E-state index in [1.165, 1.54) is 0 Å². The summed E-state index contributed by atoms with van der Waals surface area (Å²) < 4.78 is 5.42. The number of carbonyl (C=O) groups is 2. The number of halogens is 1. The number of hydrogen-bond donors (Lipinski definition) is 0. The van der Waals surface area contributed by atoms with E-state index in [1.807, 2.05) is 55.6 Å². The molecule has 0 saturated carbocycles. The summed E-state index contributed by atoms with van der Waals surface area (Å²) in [5, 5.41) is 8.95. The number of hydrogen-bond acceptors (Lipinski definition) is 6. The highest BCUT2D eigenvalue weighted by atomic mass is 35.5. The molecule has 0 radical (unpaired) electrons. The standard InChI is InChI=1S/C25H31ClN4O3S/c1-18(2)25(32)29(10-9-28-11-13-33-14-12-28)17-24(31)30-22(19-5-7-20(26)8-6-19)16-21(27-30)23-4-3-15-34-23/h3-8,15,18,22H,9-14,16-17H2,1-2H3. The zero-order valence-electron chi connectivity index (χ0n) is 19.7. The van der Waals surface area contributed by atoms with E-state index in [9.17, 15) is 9.59 Å². The summed E-state index contributed by atoms with van der Waals surface area (Å²) in [7, 11) is 0. The molecule has 182 valence electrons. The van der Waals surface area contributed by atoms with E-state index in [-0.39, 0.29) is 30.3 Å². The maximum Gasteiger partial charge on any atom is 0.262 e. The molecule has 7 nitrogen and oxygen atoms in total. The van der Waals surface area contributed by atoms with Gasteiger partial charge in [0.2, 0.25) is 5.91 Å². The van der Waals surface area contributed by atoms with Crippen molar-refractivity contribution in [2.45, 2.75) is 26.3 Å². The molecule has 1 saturated heterocycles. The van der Waals surface area contributed by atoms with E-state index >= 15 is 0 Å². The van der Waals surface area contributed by atoms with Crippen molar-refractivity contribution in [3.05, 3.63) is 57.2 Å². The number of nitrogens with zero attached hydrogens (tertiary/aromatic N) is 4. The van der Waals surface area contributed by atoms with Crippen molar-refractivity contribution in [2.75, 3.05) is 45.9 Å². The molecule has 1 fully saturated rings. The lowest BCUT2D eigenvalue weighted by Crippen LogP contribution is -2.47. The van der Waals surface area contributed by atoms with E-state index in [4.69, 9.17) is 21.4 Å². The van der Waals surface area contributed by atoms with Crippen LogP contribution < -0.4 is 0 Å². The molecule has 34 heavy (non-hydrogen) atoms. The van der Waals surface area contributed by atoms with Gasteiger partial charge in [0.1, 0.15) is 6.54 Å². The molecule has 2 aliphatic heterocycles. The van der Waals surface area contributed by atoms with Crippen LogP contribution >= 0.6 is 22.9 Å². The van der Waals surface area contributed by atoms with Crippen molar-refractivity contribution in [3.8, 4) is 0 Å². The van der Waals surface area contributed by atoms with Crippen LogP contribution in [0.2, 0.25) is 5.02 Å². The van der Waals surface area contributed by atoms with E-state index in [0.29, 0.717) is 31.2 Å². The zero-order chi connectivity index (χ0) is 24.1. The van der Waals surface area contributed by atoms with Gasteiger partial charge in [-0.2, -0.15) is 5.10 Å². The van der Waals surface area contributed by atoms with Gasteiger partial charge in [-0.25, -0.2) is 5.01 Å². The third kappa shape index (κ3) is 6.05. The minimum Gasteiger partial charge on any atom is -0.379 e. The largest absolute Gasteiger partial charge is 0.379 e. The van der Waals surface area contributed by atoms with Gasteiger partial charge in [-0.3, -0.25) is 14.5 Å². The van der Waals surface area contributed by atoms with Crippen molar-refractivity contribution in [2.24, 2.45) is 11.0 Å². The average Bonchev–Trinajstić information content (AvgIpc) is 3.52. The summed E-state index contributed by atoms with van der Waals surface area (Å²) >= 11 is 7.71. The van der Waals surface area contributed by atoms with Crippen LogP contribution in [0.5, 0.6) is 0 Å². The van der Waals surface area contributed by atoms with E-state index in [1.54, 1.807) is 21.2 Å². The molecule has 0 aliphatic carbocycles. The Labute approximate surface area is 209 Å². The van der Waals surface area contributed by atoms with Crippen LogP contribution in [-0.2, 0) is 14.3 Å². The third-order valence-electron chi connectivity index (χ3n) is 6.15. The van der Waals surface area contributed by atoms with Crippen LogP contribution in [0.25, 0.3) is 0 Å². The molecule has 0 bridgehead atoms. The van der Waals surface area contributed by atoms with Crippen LogP contribution in [0.3, 0.4) is 0 Å². The Bertz CT molecular complexity index is 1000. The maximum atomic E-state index is 13.6. The Balaban J connectivity index is 1.52. The molecule has 2 aliphatic rings. The molecule has 1 aromatic carbocycles. The van der Waals surface area contributed by atoms with Gasteiger partial charge < -0.3 is 9.64 Å². The first-order valence-electron chi connectivity index (χ1n) is 11.7. The second-order valence-corrected chi connectivity index (χ2v) is 10.3. The van der Waals surface area contributed by atoms with Gasteiger partial charge in [0, 0.05) is 43.5 Å². The van der Waals surface area contributed by atoms with Crippen LogP contribution in [0.1, 0.15) is 36.8 Å². The lowest BCUT2D eigenvalue weighted by molar-refractivity contribution is -0.143. The fourth-order valence-corrected chi connectivity index (χ4v) is 5.08. The van der Waals surface area contributed by atoms with Crippen molar-refractivity contribution in [1.29, 1.82) is 0 Å². The van der Waals surface area contributed by atoms with Crippen LogP contribution in [-0.4, -0.2) is 78.3 Å². The number of ether oxygens (including phenoxy) is 1. The lowest BCUT2D eigenvalue weighted by atomic mass is 10.0. The Morgan fingerprint density at radius 1 is 1.21 bits per heavy atom. The fraction of sp³-hybridized carbons (Fsp3) is 0.480. The van der Waals surface area contributed by atoms with Crippen molar-refractivity contribution < 1.29 is 14.3 Å². The summed E-state index contributed by atoms with van der Waals surface area (Å²) in [6.07, 6.45) is 0.625. The number of carbonyl (C=O) groups excluding carboxylic acids is 2. The second kappa shape index (κ2) is 11.4. The molecule has 1 atom stereocenters. The molecule has 4 rings (SSSR count). The van der Waals surface area contributed by atoms with Gasteiger partial charge in [-0.1, -0.05) is 43.6 Å². The van der Waals surface area contributed by atoms with E-state index in [0.717, 1.165) is 35.8 Å². The molecule has 2 aromatic rings. The third-order valence-corrected chi connectivity index (χ3v) is 7.32. The van der Waals surface area contributed by atoms with Crippen LogP contribution in [0, 0.1) is 5.92 Å². The van der Waals surface area contributed by atoms with Gasteiger partial charge in [-0.15, -0.1) is 11.3 Å². The molecule has 9 heteroatoms. The molecule has 2 amide bonds. The second-order valence-electron chi connectivity index (χ2n) is 8.90. The van der Waals surface area contributed by atoms with Crippen LogP contribution in [0.4, 0.5) is 0 Å². The highest BCUT2D eigenvalue weighted by molar-refractivity contribution is 7.12. The van der Waals surface area contributed by atoms with E-state index in [2.05, 4.69) is 4.90 Å². The summed E-state index contributed by atoms with van der Waals surface area (Å²) in [5.74, 6) is -0.387. The lowest BCUT2D eigenvalue weighted by Gasteiger charge is -2.31. The number of benzene rings is 1. The summed E-state index contributed by atoms with van der Waals surface area (Å²) in [6, 6.07) is 11.3. The Morgan fingerprint density at radius 3 is 2.59 bits per heavy atom. The SMILES string of the molecule is CC(C)C(=O)N(CCN1CCOCC1)CC(=O)N1N=C(c2cccs2)CC1c1ccc(Cl)cc1. The Kier molecular flexibility index (Phi) is 8.37. The molecular weight excluding hydrogens is 472 g/mol. The maximum absolute atomic E-state index is 13.6. The number of rotatable bonds is 8. The van der Waals surface area contributed by atoms with Gasteiger partial charge >= 0.3 is 0 Å². The minimum absolute atomic E-state index is 0.00661. The van der Waals surface area contributed by atoms with Crippen molar-refractivity contribution in [1.82, 2.24) is 14.8 Å². The zero-order valence-corrected chi connectivity index (χ0v) is 21.2. The predicted octanol–water partition coefficient (Wildman–Crippen LogP) is 3.90. The monoisotopic (exact) mass is 502 g/mol. The fourth-order valence-electron chi connectivity index (χ4n) is 4.23. The van der Waals surface area contributed by atoms with Crippen molar-refractivity contribution >= 4 is 40.5 Å². The summed E-state index contributed by atoms with van der Waals surface area (Å²) in [4.78, 5) is 31.5. The Morgan fingerprint density at radius 2 is 1.94 bits per heavy atom. The van der Waals surface area contributed by atoms with E-state index < -0.39 is 0 Å². The predicted molar refractivity (Wildman–Crippen MR) is 135 cm³/mol. The van der Waals surface area contributed by atoms with Gasteiger partial charge in [-0.05, 0) is 29.1 Å². The Hall–Kier alpha value is -2.26. The number of hydrazone groups is 1. The van der Waals surface area contributed by atoms with Gasteiger partial charge in [0.25, 0.3) is 5.91 Å². The molecule has 3 heterocycles. The smallest absolute Gasteiger partial charge is 0.262 e. The first-order chi connectivity index (χ1) is 16.4. The highest BCUT2D eigenvalue weighted by Gasteiger charge is 2.35. The molecule has 0 spiro atoms. The van der Waals surface area contributed by atoms with Gasteiger partial charge in [0.05, 0.1) is 29.8 Å². The minimum atomic E-state index is -0.225. The molecular formula is C25H31ClN4O3S. The quantitative estimate of drug-likeness (QED) is 0.549. The summed E-state index contributed by atoms with van der Waals surface area (Å²) in [5.41, 5.74) is 1.86. The number of morpholine rings is 1. The topological polar surface area (TPSA) is 65.5 Å². The van der Waals surface area contributed by atoms with Crippen LogP contribution in [0.15, 0.2) is 46.9 Å². The molecule has 0 N–H and O–H groups in total. The normalized spacial score (nSPS) is 18.9. The highest BCUT2D eigenvalue weighted by Crippen LogP contribution is 2.34. The number of amides is 2. The average molecular weight is 503 g/mol. The van der Waals surface area contributed by atoms with Gasteiger partial charge in [0.15, 0.2) is 0 Å². The first kappa shape index (κ1) is 24.9. The molecule has 1 unspecified atom stereocenters. The summed E-state index contributed by atoms with van der Waals surface area (Å²) in [6.45, 7) is 8.06. The number of thiophene rings is 1. The first-order valence-corrected chi connectivity index (χ1v) is 13.0.